The maximum Gasteiger partial charge on any atom is 0.313 e. The Morgan fingerprint density at radius 3 is 2.71 bits per heavy atom. The molecule has 0 saturated carbocycles. The van der Waals surface area contributed by atoms with Gasteiger partial charge in [0.15, 0.2) is 5.17 Å². The van der Waals surface area contributed by atoms with Gasteiger partial charge in [0, 0.05) is 4.90 Å². The molecule has 6 heteroatoms. The van der Waals surface area contributed by atoms with E-state index in [1.54, 1.807) is 0 Å². The molecular weight excluding hydrogens is 408 g/mol. The summed E-state index contributed by atoms with van der Waals surface area (Å²) < 4.78 is 5.20. The van der Waals surface area contributed by atoms with Gasteiger partial charge in [-0.1, -0.05) is 56.2 Å². The van der Waals surface area contributed by atoms with Crippen LogP contribution >= 0.6 is 11.8 Å². The Labute approximate surface area is 187 Å². The number of anilines is 1. The van der Waals surface area contributed by atoms with Gasteiger partial charge >= 0.3 is 5.97 Å². The van der Waals surface area contributed by atoms with Gasteiger partial charge in [-0.3, -0.25) is 9.59 Å². The van der Waals surface area contributed by atoms with Crippen molar-refractivity contribution in [1.82, 2.24) is 0 Å². The maximum absolute atomic E-state index is 12.8. The average molecular weight is 437 g/mol. The number of nitrogens with zero attached hydrogens (tertiary/aromatic N) is 2. The number of carbonyl (C=O) groups excluding carboxylic acids is 2. The van der Waals surface area contributed by atoms with E-state index in [0.717, 1.165) is 46.1 Å². The van der Waals surface area contributed by atoms with Crippen molar-refractivity contribution in [2.24, 2.45) is 4.99 Å². The van der Waals surface area contributed by atoms with E-state index in [-0.39, 0.29) is 17.8 Å². The zero-order chi connectivity index (χ0) is 22.0. The van der Waals surface area contributed by atoms with E-state index in [0.29, 0.717) is 13.0 Å². The number of amides is 1. The number of benzene rings is 2. The molecule has 0 radical (unpaired) electrons. The molecule has 0 saturated heterocycles. The highest BCUT2D eigenvalue weighted by Crippen LogP contribution is 2.52. The van der Waals surface area contributed by atoms with E-state index < -0.39 is 5.54 Å². The lowest BCUT2D eigenvalue weighted by Crippen LogP contribution is -2.51. The van der Waals surface area contributed by atoms with Gasteiger partial charge in [0.25, 0.3) is 5.91 Å². The van der Waals surface area contributed by atoms with Gasteiger partial charge < -0.3 is 9.64 Å². The Balaban J connectivity index is 1.79. The van der Waals surface area contributed by atoms with Gasteiger partial charge in [-0.25, -0.2) is 0 Å². The Hall–Kier alpha value is -2.60. The van der Waals surface area contributed by atoms with Crippen molar-refractivity contribution in [3.8, 4) is 0 Å². The largest absolute Gasteiger partial charge is 0.466 e. The zero-order valence-corrected chi connectivity index (χ0v) is 19.1. The summed E-state index contributed by atoms with van der Waals surface area (Å²) in [5.74, 6) is -0.644. The molecule has 31 heavy (non-hydrogen) atoms. The topological polar surface area (TPSA) is 59.0 Å². The molecular formula is C25H28N2O3S. The van der Waals surface area contributed by atoms with E-state index >= 15 is 0 Å². The third-order valence-electron chi connectivity index (χ3n) is 6.10. The quantitative estimate of drug-likeness (QED) is 0.526. The van der Waals surface area contributed by atoms with E-state index in [4.69, 9.17) is 4.74 Å². The fourth-order valence-corrected chi connectivity index (χ4v) is 5.64. The van der Waals surface area contributed by atoms with Crippen LogP contribution in [0.25, 0.3) is 0 Å². The summed E-state index contributed by atoms with van der Waals surface area (Å²) in [4.78, 5) is 32.7. The highest BCUT2D eigenvalue weighted by molar-refractivity contribution is 8.14. The molecule has 5 nitrogen and oxygen atoms in total. The number of hydrogen-bond donors (Lipinski definition) is 0. The number of thioether (sulfide) groups is 1. The lowest BCUT2D eigenvalue weighted by molar-refractivity contribution is -0.144. The van der Waals surface area contributed by atoms with Crippen LogP contribution in [0.2, 0.25) is 0 Å². The smallest absolute Gasteiger partial charge is 0.313 e. The number of carbonyl (C=O) groups is 2. The Morgan fingerprint density at radius 1 is 1.23 bits per heavy atom. The van der Waals surface area contributed by atoms with Crippen LogP contribution in [0.1, 0.15) is 63.5 Å². The molecule has 0 aliphatic carbocycles. The molecule has 0 aromatic heterocycles. The van der Waals surface area contributed by atoms with Gasteiger partial charge in [0.1, 0.15) is 0 Å². The minimum Gasteiger partial charge on any atom is -0.466 e. The third kappa shape index (κ3) is 3.89. The summed E-state index contributed by atoms with van der Waals surface area (Å²) >= 11 is 1.51. The first kappa shape index (κ1) is 21.6. The van der Waals surface area contributed by atoms with Crippen molar-refractivity contribution >= 4 is 34.5 Å². The van der Waals surface area contributed by atoms with Crippen molar-refractivity contribution in [2.45, 2.75) is 62.8 Å². The number of esters is 1. The summed E-state index contributed by atoms with van der Waals surface area (Å²) in [7, 11) is 0. The molecule has 2 aliphatic rings. The van der Waals surface area contributed by atoms with Crippen LogP contribution in [0.3, 0.4) is 0 Å². The molecule has 2 aliphatic heterocycles. The molecule has 1 amide bonds. The predicted octanol–water partition coefficient (Wildman–Crippen LogP) is 5.64. The fraction of sp³-hybridized carbons (Fsp3) is 0.400. The first-order chi connectivity index (χ1) is 15.0. The molecule has 2 atom stereocenters. The van der Waals surface area contributed by atoms with Crippen LogP contribution in [0.4, 0.5) is 5.69 Å². The molecule has 2 heterocycles. The summed E-state index contributed by atoms with van der Waals surface area (Å²) in [5.41, 5.74) is 2.66. The van der Waals surface area contributed by atoms with Crippen molar-refractivity contribution in [3.05, 3.63) is 59.7 Å². The number of amidine groups is 1. The fourth-order valence-electron chi connectivity index (χ4n) is 4.47. The minimum absolute atomic E-state index is 0.0772. The molecule has 0 fully saturated rings. The van der Waals surface area contributed by atoms with Crippen LogP contribution in [0.5, 0.6) is 0 Å². The standard InChI is InChI=1S/C25H28N2O3S/c1-4-6-14-25(19-10-8-7-9-11-19)16-22(28)26-24-27(25)20-13-12-18(15-21(20)31-24)17(3)23(29)30-5-2/h7-13,15,17H,4-6,14,16H2,1-3H3. The molecule has 0 bridgehead atoms. The molecule has 0 N–H and O–H groups in total. The van der Waals surface area contributed by atoms with Gasteiger partial charge in [-0.05, 0) is 55.3 Å². The molecule has 4 rings (SSSR count). The van der Waals surface area contributed by atoms with Crippen molar-refractivity contribution in [2.75, 3.05) is 11.5 Å². The van der Waals surface area contributed by atoms with E-state index in [1.807, 2.05) is 44.2 Å². The summed E-state index contributed by atoms with van der Waals surface area (Å²) in [5, 5.41) is 0.729. The van der Waals surface area contributed by atoms with Crippen molar-refractivity contribution in [3.63, 3.8) is 0 Å². The lowest BCUT2D eigenvalue weighted by Gasteiger charge is -2.45. The third-order valence-corrected chi connectivity index (χ3v) is 7.11. The number of rotatable bonds is 7. The number of fused-ring (bicyclic) bond motifs is 3. The maximum atomic E-state index is 12.8. The van der Waals surface area contributed by atoms with Crippen LogP contribution in [-0.4, -0.2) is 23.7 Å². The number of hydrogen-bond acceptors (Lipinski definition) is 5. The Bertz CT molecular complexity index is 1020. The van der Waals surface area contributed by atoms with E-state index in [2.05, 4.69) is 35.0 Å². The van der Waals surface area contributed by atoms with Gasteiger partial charge in [0.05, 0.1) is 30.2 Å². The lowest BCUT2D eigenvalue weighted by atomic mass is 9.79. The predicted molar refractivity (Wildman–Crippen MR) is 125 cm³/mol. The highest BCUT2D eigenvalue weighted by Gasteiger charge is 2.49. The number of aliphatic imine (C=N–C) groups is 1. The molecule has 0 spiro atoms. The number of ether oxygens (including phenoxy) is 1. The van der Waals surface area contributed by atoms with Crippen LogP contribution in [-0.2, 0) is 19.9 Å². The second kappa shape index (κ2) is 8.87. The second-order valence-electron chi connectivity index (χ2n) is 8.10. The van der Waals surface area contributed by atoms with Crippen molar-refractivity contribution in [1.29, 1.82) is 0 Å². The molecule has 2 aromatic carbocycles. The number of unbranched alkanes of at least 4 members (excludes halogenated alkanes) is 1. The first-order valence-corrected chi connectivity index (χ1v) is 11.8. The van der Waals surface area contributed by atoms with Gasteiger partial charge in [-0.15, -0.1) is 0 Å². The summed E-state index contributed by atoms with van der Waals surface area (Å²) in [6, 6.07) is 16.4. The average Bonchev–Trinajstić information content (AvgIpc) is 3.15. The van der Waals surface area contributed by atoms with E-state index in [1.165, 1.54) is 11.8 Å². The Kier molecular flexibility index (Phi) is 6.19. The summed E-state index contributed by atoms with van der Waals surface area (Å²) in [6.07, 6.45) is 3.31. The van der Waals surface area contributed by atoms with Crippen LogP contribution in [0, 0.1) is 0 Å². The van der Waals surface area contributed by atoms with Gasteiger partial charge in [0.2, 0.25) is 0 Å². The van der Waals surface area contributed by atoms with E-state index in [9.17, 15) is 9.59 Å². The monoisotopic (exact) mass is 436 g/mol. The molecule has 162 valence electrons. The minimum atomic E-state index is -0.446. The highest BCUT2D eigenvalue weighted by atomic mass is 32.2. The SMILES string of the molecule is CCCCC1(c2ccccc2)CC(=O)N=C2Sc3cc(C(C)C(=O)OCC)ccc3N21. The second-order valence-corrected chi connectivity index (χ2v) is 9.11. The van der Waals surface area contributed by atoms with Crippen LogP contribution in [0.15, 0.2) is 58.4 Å². The van der Waals surface area contributed by atoms with Gasteiger partial charge in [-0.2, -0.15) is 4.99 Å². The van der Waals surface area contributed by atoms with Crippen molar-refractivity contribution < 1.29 is 14.3 Å². The molecule has 2 unspecified atom stereocenters. The summed E-state index contributed by atoms with van der Waals surface area (Å²) in [6.45, 7) is 6.22. The Morgan fingerprint density at radius 2 is 2.00 bits per heavy atom. The van der Waals surface area contributed by atoms with Crippen LogP contribution < -0.4 is 4.90 Å². The normalized spacial score (nSPS) is 20.7. The molecule has 2 aromatic rings. The zero-order valence-electron chi connectivity index (χ0n) is 18.3. The first-order valence-electron chi connectivity index (χ1n) is 11.0.